The number of hydrogen-bond acceptors (Lipinski definition) is 4. The van der Waals surface area contributed by atoms with Gasteiger partial charge in [0.25, 0.3) is 0 Å². The highest BCUT2D eigenvalue weighted by atomic mass is 127. The van der Waals surface area contributed by atoms with E-state index in [2.05, 4.69) is 22.5 Å². The number of methoxy groups -OCH3 is 1. The lowest BCUT2D eigenvalue weighted by atomic mass is 10.0. The fraction of sp³-hybridized carbons (Fsp3) is 0.650. The Morgan fingerprint density at radius 2 is 1.93 bits per heavy atom. The van der Waals surface area contributed by atoms with Crippen LogP contribution < -0.4 is 20.1 Å². The zero-order chi connectivity index (χ0) is 19.2. The van der Waals surface area contributed by atoms with Gasteiger partial charge in [-0.25, -0.2) is 0 Å². The topological polar surface area (TPSA) is 75.1 Å². The maximum atomic E-state index is 9.18. The molecule has 3 N–H and O–H groups in total. The second kappa shape index (κ2) is 15.8. The first-order chi connectivity index (χ1) is 12.6. The number of halogens is 1. The van der Waals surface area contributed by atoms with Gasteiger partial charge in [-0.3, -0.25) is 4.99 Å². The van der Waals surface area contributed by atoms with Crippen molar-refractivity contribution in [2.45, 2.75) is 46.1 Å². The Kier molecular flexibility index (Phi) is 15.1. The molecule has 2 unspecified atom stereocenters. The molecule has 0 fully saturated rings. The molecule has 0 saturated carbocycles. The molecule has 0 aromatic heterocycles. The van der Waals surface area contributed by atoms with Crippen LogP contribution in [-0.4, -0.2) is 50.5 Å². The molecule has 0 heterocycles. The number of rotatable bonds is 12. The summed E-state index contributed by atoms with van der Waals surface area (Å²) in [6.45, 7) is 8.60. The SMILES string of the molecule is CCCC(CCO)CN=C(NCC)NCC(C)Oc1cccc(OC)c1.I. The quantitative estimate of drug-likeness (QED) is 0.236. The molecule has 1 aromatic rings. The van der Waals surface area contributed by atoms with Crippen LogP contribution in [0.15, 0.2) is 29.3 Å². The molecule has 0 bridgehead atoms. The summed E-state index contributed by atoms with van der Waals surface area (Å²) in [6, 6.07) is 7.60. The number of nitrogens with one attached hydrogen (secondary N) is 2. The minimum atomic E-state index is -0.0187. The Hall–Kier alpha value is -1.22. The highest BCUT2D eigenvalue weighted by molar-refractivity contribution is 14.0. The van der Waals surface area contributed by atoms with Crippen molar-refractivity contribution in [1.29, 1.82) is 0 Å². The molecule has 0 saturated heterocycles. The molecule has 7 heteroatoms. The monoisotopic (exact) mass is 493 g/mol. The molecular formula is C20H36IN3O3. The molecule has 0 amide bonds. The summed E-state index contributed by atoms with van der Waals surface area (Å²) < 4.78 is 11.1. The van der Waals surface area contributed by atoms with E-state index in [9.17, 15) is 5.11 Å². The van der Waals surface area contributed by atoms with Gasteiger partial charge in [0.05, 0.1) is 13.7 Å². The number of nitrogens with zero attached hydrogens (tertiary/aromatic N) is 1. The molecular weight excluding hydrogens is 457 g/mol. The lowest BCUT2D eigenvalue weighted by Gasteiger charge is -2.19. The highest BCUT2D eigenvalue weighted by Gasteiger charge is 2.09. The van der Waals surface area contributed by atoms with E-state index in [1.165, 1.54) is 0 Å². The average molecular weight is 493 g/mol. The minimum absolute atomic E-state index is 0. The van der Waals surface area contributed by atoms with Crippen LogP contribution in [0.25, 0.3) is 0 Å². The van der Waals surface area contributed by atoms with Gasteiger partial charge in [0.1, 0.15) is 17.6 Å². The van der Waals surface area contributed by atoms with Crippen molar-refractivity contribution in [3.05, 3.63) is 24.3 Å². The molecule has 2 atom stereocenters. The molecule has 0 aliphatic heterocycles. The van der Waals surface area contributed by atoms with Gasteiger partial charge in [0, 0.05) is 25.8 Å². The van der Waals surface area contributed by atoms with Gasteiger partial charge < -0.3 is 25.2 Å². The average Bonchev–Trinajstić information content (AvgIpc) is 2.64. The van der Waals surface area contributed by atoms with Gasteiger partial charge >= 0.3 is 0 Å². The molecule has 1 rings (SSSR count). The van der Waals surface area contributed by atoms with Crippen molar-refractivity contribution < 1.29 is 14.6 Å². The lowest BCUT2D eigenvalue weighted by Crippen LogP contribution is -2.42. The Balaban J connectivity index is 0.00000676. The third kappa shape index (κ3) is 11.3. The Morgan fingerprint density at radius 1 is 1.19 bits per heavy atom. The molecule has 0 aliphatic rings. The Bertz CT molecular complexity index is 523. The third-order valence-corrected chi connectivity index (χ3v) is 4.02. The van der Waals surface area contributed by atoms with Crippen molar-refractivity contribution in [3.8, 4) is 11.5 Å². The van der Waals surface area contributed by atoms with Gasteiger partial charge in [-0.2, -0.15) is 0 Å². The first-order valence-corrected chi connectivity index (χ1v) is 9.56. The summed E-state index contributed by atoms with van der Waals surface area (Å²) >= 11 is 0. The zero-order valence-electron chi connectivity index (χ0n) is 17.0. The van der Waals surface area contributed by atoms with E-state index in [1.54, 1.807) is 7.11 Å². The summed E-state index contributed by atoms with van der Waals surface area (Å²) in [4.78, 5) is 4.67. The van der Waals surface area contributed by atoms with E-state index in [0.29, 0.717) is 12.5 Å². The summed E-state index contributed by atoms with van der Waals surface area (Å²) in [7, 11) is 1.64. The van der Waals surface area contributed by atoms with E-state index in [-0.39, 0.29) is 36.7 Å². The van der Waals surface area contributed by atoms with Crippen molar-refractivity contribution >= 4 is 29.9 Å². The van der Waals surface area contributed by atoms with Crippen LogP contribution >= 0.6 is 24.0 Å². The highest BCUT2D eigenvalue weighted by Crippen LogP contribution is 2.19. The second-order valence-electron chi connectivity index (χ2n) is 6.37. The fourth-order valence-corrected chi connectivity index (χ4v) is 2.67. The second-order valence-corrected chi connectivity index (χ2v) is 6.37. The summed E-state index contributed by atoms with van der Waals surface area (Å²) in [5.74, 6) is 2.77. The van der Waals surface area contributed by atoms with Crippen LogP contribution in [0.2, 0.25) is 0 Å². The third-order valence-electron chi connectivity index (χ3n) is 4.02. The van der Waals surface area contributed by atoms with Crippen LogP contribution in [0.4, 0.5) is 0 Å². The maximum absolute atomic E-state index is 9.18. The first kappa shape index (κ1) is 25.8. The van der Waals surface area contributed by atoms with Crippen molar-refractivity contribution in [3.63, 3.8) is 0 Å². The van der Waals surface area contributed by atoms with Crippen molar-refractivity contribution in [1.82, 2.24) is 10.6 Å². The number of aliphatic hydroxyl groups excluding tert-OH is 1. The minimum Gasteiger partial charge on any atom is -0.497 e. The van der Waals surface area contributed by atoms with E-state index < -0.39 is 0 Å². The number of benzene rings is 1. The zero-order valence-corrected chi connectivity index (χ0v) is 19.4. The van der Waals surface area contributed by atoms with Gasteiger partial charge in [-0.05, 0) is 44.7 Å². The molecule has 1 aromatic carbocycles. The smallest absolute Gasteiger partial charge is 0.191 e. The fourth-order valence-electron chi connectivity index (χ4n) is 2.67. The van der Waals surface area contributed by atoms with Crippen LogP contribution in [0.1, 0.15) is 40.0 Å². The number of hydrogen-bond donors (Lipinski definition) is 3. The van der Waals surface area contributed by atoms with E-state index in [1.807, 2.05) is 38.1 Å². The predicted molar refractivity (Wildman–Crippen MR) is 123 cm³/mol. The van der Waals surface area contributed by atoms with Crippen LogP contribution in [0.5, 0.6) is 11.5 Å². The number of ether oxygens (including phenoxy) is 2. The molecule has 0 radical (unpaired) electrons. The van der Waals surface area contributed by atoms with Gasteiger partial charge in [-0.15, -0.1) is 24.0 Å². The largest absolute Gasteiger partial charge is 0.497 e. The number of aliphatic imine (C=N–C) groups is 1. The van der Waals surface area contributed by atoms with Crippen LogP contribution in [-0.2, 0) is 0 Å². The van der Waals surface area contributed by atoms with Gasteiger partial charge in [0.15, 0.2) is 5.96 Å². The molecule has 6 nitrogen and oxygen atoms in total. The summed E-state index contributed by atoms with van der Waals surface area (Å²) in [6.07, 6.45) is 2.97. The van der Waals surface area contributed by atoms with Gasteiger partial charge in [-0.1, -0.05) is 19.4 Å². The van der Waals surface area contributed by atoms with Crippen LogP contribution in [0, 0.1) is 5.92 Å². The number of aliphatic hydroxyl groups is 1. The molecule has 0 aliphatic carbocycles. The van der Waals surface area contributed by atoms with E-state index >= 15 is 0 Å². The number of guanidine groups is 1. The van der Waals surface area contributed by atoms with Crippen LogP contribution in [0.3, 0.4) is 0 Å². The Labute approximate surface area is 181 Å². The van der Waals surface area contributed by atoms with Crippen molar-refractivity contribution in [2.75, 3.05) is 33.4 Å². The van der Waals surface area contributed by atoms with E-state index in [0.717, 1.165) is 49.8 Å². The Morgan fingerprint density at radius 3 is 2.56 bits per heavy atom. The molecule has 0 spiro atoms. The first-order valence-electron chi connectivity index (χ1n) is 9.56. The molecule has 156 valence electrons. The lowest BCUT2D eigenvalue weighted by molar-refractivity contribution is 0.223. The maximum Gasteiger partial charge on any atom is 0.191 e. The predicted octanol–water partition coefficient (Wildman–Crippen LogP) is 3.43. The van der Waals surface area contributed by atoms with Crippen molar-refractivity contribution in [2.24, 2.45) is 10.9 Å². The van der Waals surface area contributed by atoms with E-state index in [4.69, 9.17) is 9.47 Å². The normalized spacial score (nSPS) is 13.3. The standard InChI is InChI=1S/C20H35N3O3.HI/c1-5-8-17(11-12-24)15-23-20(21-6-2)22-14-16(3)26-19-10-7-9-18(13-19)25-4;/h7,9-10,13,16-17,24H,5-6,8,11-12,14-15H2,1-4H3,(H2,21,22,23);1H. The van der Waals surface area contributed by atoms with Gasteiger partial charge in [0.2, 0.25) is 0 Å². The molecule has 27 heavy (non-hydrogen) atoms. The summed E-state index contributed by atoms with van der Waals surface area (Å²) in [5.41, 5.74) is 0. The summed E-state index contributed by atoms with van der Waals surface area (Å²) in [5, 5.41) is 15.8.